The highest BCUT2D eigenvalue weighted by Gasteiger charge is 2.59. The van der Waals surface area contributed by atoms with Crippen LogP contribution in [0, 0.1) is 0 Å². The lowest BCUT2D eigenvalue weighted by Crippen LogP contribution is -2.67. The fourth-order valence-electron chi connectivity index (χ4n) is 3.80. The van der Waals surface area contributed by atoms with Crippen molar-refractivity contribution >= 4 is 47.7 Å². The molecule has 0 aliphatic rings. The first kappa shape index (κ1) is 16.3. The molecule has 0 aromatic heterocycles. The van der Waals surface area contributed by atoms with Crippen molar-refractivity contribution in [1.82, 2.24) is 0 Å². The van der Waals surface area contributed by atoms with E-state index < -0.39 is 24.2 Å². The Bertz CT molecular complexity index is 183. The molecule has 0 aromatic rings. The molecule has 0 fully saturated rings. The molecule has 0 saturated carbocycles. The Morgan fingerprint density at radius 2 is 0.867 bits per heavy atom. The molecule has 0 amide bonds. The first-order valence-electron chi connectivity index (χ1n) is 5.69. The summed E-state index contributed by atoms with van der Waals surface area (Å²) in [5.41, 5.74) is 0. The molecule has 0 N–H and O–H groups in total. The van der Waals surface area contributed by atoms with E-state index in [4.69, 9.17) is 0 Å². The van der Waals surface area contributed by atoms with E-state index in [1.165, 1.54) is 0 Å². The van der Waals surface area contributed by atoms with Gasteiger partial charge in [-0.25, -0.2) is 0 Å². The van der Waals surface area contributed by atoms with Crippen molar-refractivity contribution in [2.24, 2.45) is 0 Å². The zero-order valence-electron chi connectivity index (χ0n) is 11.9. The zero-order chi connectivity index (χ0) is 12.7. The van der Waals surface area contributed by atoms with Crippen LogP contribution in [0.3, 0.4) is 0 Å². The zero-order valence-corrected chi connectivity index (χ0v) is 17.5. The summed E-state index contributed by atoms with van der Waals surface area (Å²) in [7, 11) is -2.39. The highest BCUT2D eigenvalue weighted by molar-refractivity contribution is 9.23. The molecule has 15 heavy (non-hydrogen) atoms. The lowest BCUT2D eigenvalue weighted by molar-refractivity contribution is 1.24. The molecule has 0 aromatic carbocycles. The molecule has 0 unspecified atom stereocenters. The van der Waals surface area contributed by atoms with Crippen LogP contribution in [-0.2, 0) is 0 Å². The minimum absolute atomic E-state index is 0.715. The van der Waals surface area contributed by atoms with Gasteiger partial charge < -0.3 is 0 Å². The third-order valence-corrected chi connectivity index (χ3v) is 37.0. The van der Waals surface area contributed by atoms with Crippen molar-refractivity contribution in [3.05, 3.63) is 0 Å². The first-order valence-corrected chi connectivity index (χ1v) is 19.4. The first-order chi connectivity index (χ1) is 6.31. The van der Waals surface area contributed by atoms with E-state index in [1.807, 2.05) is 0 Å². The standard InChI is InChI=1S/C10H27BrSi4/c1-13(2,3)10(12-11,14(4,5)6)15(7,8)9/h1-9H3. The lowest BCUT2D eigenvalue weighted by Gasteiger charge is -2.58. The summed E-state index contributed by atoms with van der Waals surface area (Å²) in [6, 6.07) is 0. The van der Waals surface area contributed by atoms with E-state index in [-0.39, 0.29) is 0 Å². The summed E-state index contributed by atoms with van der Waals surface area (Å²) in [6.45, 7) is 23.2. The summed E-state index contributed by atoms with van der Waals surface area (Å²) in [5, 5.41) is 0. The Balaban J connectivity index is 5.78. The van der Waals surface area contributed by atoms with Crippen molar-refractivity contribution in [1.29, 1.82) is 0 Å². The van der Waals surface area contributed by atoms with Crippen molar-refractivity contribution < 1.29 is 0 Å². The third-order valence-electron chi connectivity index (χ3n) is 3.52. The van der Waals surface area contributed by atoms with E-state index in [9.17, 15) is 0 Å². The Morgan fingerprint density at radius 3 is 0.867 bits per heavy atom. The molecule has 0 atom stereocenters. The maximum Gasteiger partial charge on any atom is 0.135 e. The summed E-state index contributed by atoms with van der Waals surface area (Å²) >= 11 is 3.91. The van der Waals surface area contributed by atoms with Crippen LogP contribution in [0.4, 0.5) is 0 Å². The molecule has 0 spiro atoms. The van der Waals surface area contributed by atoms with Crippen LogP contribution < -0.4 is 0 Å². The molecule has 5 heteroatoms. The van der Waals surface area contributed by atoms with Gasteiger partial charge in [0.15, 0.2) is 0 Å². The van der Waals surface area contributed by atoms with Gasteiger partial charge in [-0.15, -0.1) is 15.3 Å². The van der Waals surface area contributed by atoms with Crippen LogP contribution in [0.1, 0.15) is 0 Å². The van der Waals surface area contributed by atoms with Gasteiger partial charge in [0, 0.05) is 24.2 Å². The molecule has 2 radical (unpaired) electrons. The predicted molar refractivity (Wildman–Crippen MR) is 87.4 cm³/mol. The molecule has 0 rings (SSSR count). The summed E-state index contributed by atoms with van der Waals surface area (Å²) < 4.78 is 0.715. The highest BCUT2D eigenvalue weighted by Crippen LogP contribution is 2.53. The number of hydrogen-bond donors (Lipinski definition) is 0. The summed E-state index contributed by atoms with van der Waals surface area (Å²) in [6.07, 6.45) is 0. The van der Waals surface area contributed by atoms with Crippen molar-refractivity contribution in [3.63, 3.8) is 0 Å². The van der Waals surface area contributed by atoms with Crippen LogP contribution >= 0.6 is 15.3 Å². The minimum Gasteiger partial charge on any atom is -0.132 e. The Hall–Kier alpha value is 1.35. The number of rotatable bonds is 4. The summed E-state index contributed by atoms with van der Waals surface area (Å²) in [5.74, 6) is 0. The number of halogens is 1. The molecule has 0 bridgehead atoms. The van der Waals surface area contributed by atoms with Gasteiger partial charge in [-0.3, -0.25) is 0 Å². The van der Waals surface area contributed by atoms with Crippen LogP contribution in [0.2, 0.25) is 62.8 Å². The fraction of sp³-hybridized carbons (Fsp3) is 1.00. The normalized spacial score (nSPS) is 15.6. The molecular weight excluding hydrogens is 312 g/mol. The topological polar surface area (TPSA) is 0 Å². The van der Waals surface area contributed by atoms with Crippen molar-refractivity contribution in [2.45, 2.75) is 62.8 Å². The largest absolute Gasteiger partial charge is 0.135 e. The highest BCUT2D eigenvalue weighted by atomic mass is 79.9. The van der Waals surface area contributed by atoms with Crippen LogP contribution in [0.25, 0.3) is 0 Å². The van der Waals surface area contributed by atoms with Gasteiger partial charge in [-0.1, -0.05) is 58.9 Å². The monoisotopic (exact) mass is 338 g/mol. The Labute approximate surface area is 110 Å². The van der Waals surface area contributed by atoms with E-state index in [1.54, 1.807) is 0 Å². The number of hydrogen-bond acceptors (Lipinski definition) is 0. The van der Waals surface area contributed by atoms with Crippen LogP contribution in [0.5, 0.6) is 0 Å². The Morgan fingerprint density at radius 1 is 0.667 bits per heavy atom. The second-order valence-corrected chi connectivity index (χ2v) is 28.5. The van der Waals surface area contributed by atoms with Gasteiger partial charge in [-0.05, 0) is 3.91 Å². The molecule has 0 nitrogen and oxygen atoms in total. The second kappa shape index (κ2) is 4.55. The van der Waals surface area contributed by atoms with Crippen molar-refractivity contribution in [3.8, 4) is 0 Å². The van der Waals surface area contributed by atoms with Crippen LogP contribution in [-0.4, -0.2) is 32.4 Å². The van der Waals surface area contributed by atoms with Gasteiger partial charge in [0.2, 0.25) is 0 Å². The lowest BCUT2D eigenvalue weighted by atomic mass is 11.6. The molecule has 0 aliphatic heterocycles. The fourth-order valence-corrected chi connectivity index (χ4v) is 50.3. The van der Waals surface area contributed by atoms with Gasteiger partial charge in [0.05, 0.1) is 0 Å². The second-order valence-electron chi connectivity index (χ2n) is 7.59. The average Bonchev–Trinajstić information content (AvgIpc) is 1.76. The van der Waals surface area contributed by atoms with E-state index >= 15 is 0 Å². The molecule has 0 saturated heterocycles. The average molecular weight is 340 g/mol. The Kier molecular flexibility index (Phi) is 4.96. The van der Waals surface area contributed by atoms with E-state index in [0.29, 0.717) is 3.91 Å². The third kappa shape index (κ3) is 2.78. The molecular formula is C10H27BrSi4. The van der Waals surface area contributed by atoms with Gasteiger partial charge in [-0.2, -0.15) is 0 Å². The maximum atomic E-state index is 3.91. The van der Waals surface area contributed by atoms with Gasteiger partial charge in [0.1, 0.15) is 8.14 Å². The summed E-state index contributed by atoms with van der Waals surface area (Å²) in [4.78, 5) is 0. The molecule has 0 aliphatic carbocycles. The SMILES string of the molecule is C[Si](C)(C)C([Si]Br)([Si](C)(C)C)[Si](C)(C)C. The molecule has 90 valence electrons. The van der Waals surface area contributed by atoms with Crippen molar-refractivity contribution in [2.75, 3.05) is 0 Å². The predicted octanol–water partition coefficient (Wildman–Crippen LogP) is 4.79. The smallest absolute Gasteiger partial charge is 0.132 e. The van der Waals surface area contributed by atoms with E-state index in [2.05, 4.69) is 74.2 Å². The minimum atomic E-state index is -1.12. The van der Waals surface area contributed by atoms with E-state index in [0.717, 1.165) is 8.14 Å². The van der Waals surface area contributed by atoms with Gasteiger partial charge in [0.25, 0.3) is 0 Å². The maximum absolute atomic E-state index is 3.91. The van der Waals surface area contributed by atoms with Gasteiger partial charge >= 0.3 is 0 Å². The quantitative estimate of drug-likeness (QED) is 0.510. The van der Waals surface area contributed by atoms with Crippen LogP contribution in [0.15, 0.2) is 0 Å². The molecule has 0 heterocycles.